The molecule has 0 spiro atoms. The summed E-state index contributed by atoms with van der Waals surface area (Å²) >= 11 is 0. The molecule has 0 radical (unpaired) electrons. The van der Waals surface area contributed by atoms with Crippen LogP contribution in [0, 0.1) is 13.8 Å². The third kappa shape index (κ3) is 2.56. The van der Waals surface area contributed by atoms with Crippen LogP contribution in [-0.2, 0) is 13.1 Å². The van der Waals surface area contributed by atoms with Crippen LogP contribution in [0.25, 0.3) is 0 Å². The molecule has 0 unspecified atom stereocenters. The number of pyridine rings is 1. The molecule has 1 saturated carbocycles. The quantitative estimate of drug-likeness (QED) is 0.908. The predicted molar refractivity (Wildman–Crippen MR) is 79.5 cm³/mol. The first kappa shape index (κ1) is 13.2. The molecule has 20 heavy (non-hydrogen) atoms. The van der Waals surface area contributed by atoms with Crippen molar-refractivity contribution in [3.8, 4) is 0 Å². The molecule has 0 atom stereocenters. The van der Waals surface area contributed by atoms with E-state index < -0.39 is 0 Å². The highest BCUT2D eigenvalue weighted by molar-refractivity contribution is 5.57. The van der Waals surface area contributed by atoms with Crippen LogP contribution in [0.4, 0.5) is 5.69 Å². The van der Waals surface area contributed by atoms with E-state index in [1.54, 1.807) is 6.26 Å². The third-order valence-electron chi connectivity index (χ3n) is 3.84. The molecule has 2 N–H and O–H groups in total. The van der Waals surface area contributed by atoms with E-state index >= 15 is 0 Å². The summed E-state index contributed by atoms with van der Waals surface area (Å²) in [7, 11) is 0. The Bertz CT molecular complexity index is 588. The molecule has 2 aromatic heterocycles. The fourth-order valence-electron chi connectivity index (χ4n) is 2.71. The summed E-state index contributed by atoms with van der Waals surface area (Å²) in [5, 5.41) is 0. The van der Waals surface area contributed by atoms with E-state index in [2.05, 4.69) is 16.0 Å². The molecular weight excluding hydrogens is 250 g/mol. The van der Waals surface area contributed by atoms with Crippen molar-refractivity contribution >= 4 is 5.69 Å². The highest BCUT2D eigenvalue weighted by Gasteiger charge is 2.31. The number of nitrogens with two attached hydrogens (primary N) is 1. The Kier molecular flexibility index (Phi) is 3.49. The van der Waals surface area contributed by atoms with Gasteiger partial charge in [-0.05, 0) is 44.9 Å². The Morgan fingerprint density at radius 1 is 1.40 bits per heavy atom. The number of hydrogen-bond acceptors (Lipinski definition) is 4. The van der Waals surface area contributed by atoms with Crippen LogP contribution in [0.15, 0.2) is 28.9 Å². The summed E-state index contributed by atoms with van der Waals surface area (Å²) in [5.74, 6) is 0.993. The maximum atomic E-state index is 5.94. The van der Waals surface area contributed by atoms with Crippen LogP contribution in [-0.4, -0.2) is 11.0 Å². The average molecular weight is 271 g/mol. The van der Waals surface area contributed by atoms with Crippen molar-refractivity contribution in [1.29, 1.82) is 0 Å². The SMILES string of the molecule is Cc1cc(N(Cc2ccco2)C2CC2)c(CN)c(C)n1. The minimum Gasteiger partial charge on any atom is -0.467 e. The van der Waals surface area contributed by atoms with Crippen molar-refractivity contribution in [2.24, 2.45) is 5.73 Å². The highest BCUT2D eigenvalue weighted by Crippen LogP contribution is 2.36. The standard InChI is InChI=1S/C16H21N3O/c1-11-8-16(15(9-17)12(2)18-11)19(13-5-6-13)10-14-4-3-7-20-14/h3-4,7-8,13H,5-6,9-10,17H2,1-2H3. The van der Waals surface area contributed by atoms with Crippen molar-refractivity contribution in [3.63, 3.8) is 0 Å². The molecule has 0 aromatic carbocycles. The van der Waals surface area contributed by atoms with E-state index in [0.717, 1.165) is 29.3 Å². The molecule has 0 aliphatic heterocycles. The minimum absolute atomic E-state index is 0.524. The summed E-state index contributed by atoms with van der Waals surface area (Å²) in [6.07, 6.45) is 4.21. The first-order chi connectivity index (χ1) is 9.69. The molecule has 2 aromatic rings. The Morgan fingerprint density at radius 2 is 2.20 bits per heavy atom. The van der Waals surface area contributed by atoms with Gasteiger partial charge in [0.25, 0.3) is 0 Å². The first-order valence-electron chi connectivity index (χ1n) is 7.15. The largest absolute Gasteiger partial charge is 0.467 e. The third-order valence-corrected chi connectivity index (χ3v) is 3.84. The second-order valence-electron chi connectivity index (χ2n) is 5.49. The summed E-state index contributed by atoms with van der Waals surface area (Å²) in [6.45, 7) is 5.40. The van der Waals surface area contributed by atoms with E-state index in [-0.39, 0.29) is 0 Å². The molecule has 1 fully saturated rings. The van der Waals surface area contributed by atoms with Crippen LogP contribution < -0.4 is 10.6 Å². The highest BCUT2D eigenvalue weighted by atomic mass is 16.3. The van der Waals surface area contributed by atoms with Crippen LogP contribution >= 0.6 is 0 Å². The lowest BCUT2D eigenvalue weighted by atomic mass is 10.1. The number of furan rings is 1. The summed E-state index contributed by atoms with van der Waals surface area (Å²) < 4.78 is 5.51. The van der Waals surface area contributed by atoms with Crippen molar-refractivity contribution in [3.05, 3.63) is 47.2 Å². The van der Waals surface area contributed by atoms with Gasteiger partial charge in [0, 0.05) is 35.2 Å². The summed E-state index contributed by atoms with van der Waals surface area (Å²) in [6, 6.07) is 6.72. The normalized spacial score (nSPS) is 14.6. The monoisotopic (exact) mass is 271 g/mol. The van der Waals surface area contributed by atoms with Crippen LogP contribution in [0.1, 0.15) is 35.6 Å². The Hall–Kier alpha value is -1.81. The molecule has 3 rings (SSSR count). The Balaban J connectivity index is 1.98. The van der Waals surface area contributed by atoms with Gasteiger partial charge in [-0.2, -0.15) is 0 Å². The van der Waals surface area contributed by atoms with Gasteiger partial charge in [-0.15, -0.1) is 0 Å². The maximum Gasteiger partial charge on any atom is 0.123 e. The number of aryl methyl sites for hydroxylation is 2. The number of aromatic nitrogens is 1. The Morgan fingerprint density at radius 3 is 2.80 bits per heavy atom. The second kappa shape index (κ2) is 5.29. The molecule has 2 heterocycles. The van der Waals surface area contributed by atoms with Gasteiger partial charge in [0.1, 0.15) is 5.76 Å². The topological polar surface area (TPSA) is 55.3 Å². The van der Waals surface area contributed by atoms with Crippen LogP contribution in [0.3, 0.4) is 0 Å². The van der Waals surface area contributed by atoms with E-state index in [4.69, 9.17) is 10.2 Å². The van der Waals surface area contributed by atoms with Gasteiger partial charge in [-0.1, -0.05) is 0 Å². The molecule has 4 heteroatoms. The van der Waals surface area contributed by atoms with Gasteiger partial charge in [0.2, 0.25) is 0 Å². The van der Waals surface area contributed by atoms with Gasteiger partial charge in [-0.3, -0.25) is 4.98 Å². The fraction of sp³-hybridized carbons (Fsp3) is 0.438. The van der Waals surface area contributed by atoms with Crippen LogP contribution in [0.2, 0.25) is 0 Å². The minimum atomic E-state index is 0.524. The number of nitrogens with zero attached hydrogens (tertiary/aromatic N) is 2. The molecule has 0 bridgehead atoms. The lowest BCUT2D eigenvalue weighted by molar-refractivity contribution is 0.500. The van der Waals surface area contributed by atoms with Crippen molar-refractivity contribution in [2.75, 3.05) is 4.90 Å². The summed E-state index contributed by atoms with van der Waals surface area (Å²) in [5.41, 5.74) is 10.4. The molecular formula is C16H21N3O. The number of hydrogen-bond donors (Lipinski definition) is 1. The first-order valence-corrected chi connectivity index (χ1v) is 7.15. The van der Waals surface area contributed by atoms with Gasteiger partial charge < -0.3 is 15.1 Å². The Labute approximate surface area is 119 Å². The van der Waals surface area contributed by atoms with E-state index in [9.17, 15) is 0 Å². The molecule has 4 nitrogen and oxygen atoms in total. The molecule has 0 amide bonds. The molecule has 1 aliphatic rings. The zero-order valence-corrected chi connectivity index (χ0v) is 12.1. The lowest BCUT2D eigenvalue weighted by Crippen LogP contribution is -2.27. The van der Waals surface area contributed by atoms with Crippen molar-refractivity contribution < 1.29 is 4.42 Å². The zero-order valence-electron chi connectivity index (χ0n) is 12.1. The average Bonchev–Trinajstić information content (AvgIpc) is 3.12. The van der Waals surface area contributed by atoms with Gasteiger partial charge >= 0.3 is 0 Å². The van der Waals surface area contributed by atoms with E-state index in [1.807, 2.05) is 26.0 Å². The van der Waals surface area contributed by atoms with Gasteiger partial charge in [0.05, 0.1) is 12.8 Å². The predicted octanol–water partition coefficient (Wildman–Crippen LogP) is 2.92. The zero-order chi connectivity index (χ0) is 14.1. The molecule has 1 aliphatic carbocycles. The lowest BCUT2D eigenvalue weighted by Gasteiger charge is -2.27. The van der Waals surface area contributed by atoms with E-state index in [1.165, 1.54) is 18.5 Å². The molecule has 0 saturated heterocycles. The van der Waals surface area contributed by atoms with Crippen LogP contribution in [0.5, 0.6) is 0 Å². The van der Waals surface area contributed by atoms with Crippen molar-refractivity contribution in [1.82, 2.24) is 4.98 Å². The smallest absolute Gasteiger partial charge is 0.123 e. The summed E-state index contributed by atoms with van der Waals surface area (Å²) in [4.78, 5) is 6.95. The molecule has 106 valence electrons. The number of anilines is 1. The van der Waals surface area contributed by atoms with Gasteiger partial charge in [-0.25, -0.2) is 0 Å². The fourth-order valence-corrected chi connectivity index (χ4v) is 2.71. The maximum absolute atomic E-state index is 5.94. The second-order valence-corrected chi connectivity index (χ2v) is 5.49. The van der Waals surface area contributed by atoms with E-state index in [0.29, 0.717) is 12.6 Å². The van der Waals surface area contributed by atoms with Crippen molar-refractivity contribution in [2.45, 2.75) is 45.8 Å². The number of rotatable bonds is 5. The van der Waals surface area contributed by atoms with Gasteiger partial charge in [0.15, 0.2) is 0 Å².